The lowest BCUT2D eigenvalue weighted by molar-refractivity contribution is -0.130. The van der Waals surface area contributed by atoms with Gasteiger partial charge in [0.05, 0.1) is 11.2 Å². The van der Waals surface area contributed by atoms with Gasteiger partial charge in [-0.25, -0.2) is 0 Å². The second kappa shape index (κ2) is 7.94. The van der Waals surface area contributed by atoms with Crippen LogP contribution in [0, 0.1) is 11.8 Å². The molecule has 8 heteroatoms. The number of fused-ring (bicyclic) bond motifs is 2. The summed E-state index contributed by atoms with van der Waals surface area (Å²) in [5.41, 5.74) is -1.64. The zero-order chi connectivity index (χ0) is 24.2. The molecule has 8 nitrogen and oxygen atoms in total. The van der Waals surface area contributed by atoms with Crippen LogP contribution in [0.1, 0.15) is 83.0 Å². The molecule has 0 N–H and O–H groups in total. The molecule has 0 unspecified atom stereocenters. The number of Topliss-reactive ketones (excluding diaryl/α,β-unsaturated/α-hetero) is 6. The number of hydrogen-bond acceptors (Lipinski definition) is 8. The van der Waals surface area contributed by atoms with E-state index in [1.165, 1.54) is 0 Å². The SMILES string of the molecule is CC(C)(C)OCC(=O)C1C(=O)c2cc3c(cc2C1=O)C(=O)C(C(=O)COC(C)(C)C)C3=O. The molecule has 2 aliphatic rings. The summed E-state index contributed by atoms with van der Waals surface area (Å²) >= 11 is 0. The van der Waals surface area contributed by atoms with Crippen LogP contribution in [-0.4, -0.2) is 59.1 Å². The Balaban J connectivity index is 1.87. The molecular weight excluding hydrogens is 416 g/mol. The van der Waals surface area contributed by atoms with Crippen molar-refractivity contribution in [3.05, 3.63) is 34.4 Å². The summed E-state index contributed by atoms with van der Waals surface area (Å²) in [5, 5.41) is 0. The van der Waals surface area contributed by atoms with Crippen molar-refractivity contribution in [1.29, 1.82) is 0 Å². The Hall–Kier alpha value is -2.84. The largest absolute Gasteiger partial charge is 0.368 e. The fourth-order valence-corrected chi connectivity index (χ4v) is 3.60. The summed E-state index contributed by atoms with van der Waals surface area (Å²) in [7, 11) is 0. The highest BCUT2D eigenvalue weighted by molar-refractivity contribution is 6.40. The monoisotopic (exact) mass is 442 g/mol. The van der Waals surface area contributed by atoms with Gasteiger partial charge < -0.3 is 9.47 Å². The number of ketones is 6. The molecule has 0 spiro atoms. The van der Waals surface area contributed by atoms with E-state index in [1.807, 2.05) is 0 Å². The molecule has 0 atom stereocenters. The van der Waals surface area contributed by atoms with Gasteiger partial charge in [0.1, 0.15) is 25.0 Å². The van der Waals surface area contributed by atoms with Crippen molar-refractivity contribution in [3.8, 4) is 0 Å². The summed E-state index contributed by atoms with van der Waals surface area (Å²) in [6.07, 6.45) is 0. The molecule has 0 radical (unpaired) electrons. The van der Waals surface area contributed by atoms with Crippen LogP contribution in [0.15, 0.2) is 12.1 Å². The molecule has 1 aromatic carbocycles. The van der Waals surface area contributed by atoms with Crippen LogP contribution in [0.5, 0.6) is 0 Å². The fourth-order valence-electron chi connectivity index (χ4n) is 3.60. The van der Waals surface area contributed by atoms with Gasteiger partial charge in [-0.1, -0.05) is 0 Å². The second-order valence-electron chi connectivity index (χ2n) is 10.0. The number of benzene rings is 1. The molecule has 0 bridgehead atoms. The highest BCUT2D eigenvalue weighted by atomic mass is 16.5. The molecule has 32 heavy (non-hydrogen) atoms. The third-order valence-corrected chi connectivity index (χ3v) is 5.21. The maximum Gasteiger partial charge on any atom is 0.182 e. The maximum atomic E-state index is 12.8. The minimum atomic E-state index is -1.56. The lowest BCUT2D eigenvalue weighted by Crippen LogP contribution is -2.33. The predicted molar refractivity (Wildman–Crippen MR) is 112 cm³/mol. The van der Waals surface area contributed by atoms with Crippen molar-refractivity contribution in [3.63, 3.8) is 0 Å². The summed E-state index contributed by atoms with van der Waals surface area (Å²) in [6, 6.07) is 2.31. The van der Waals surface area contributed by atoms with Gasteiger partial charge in [0.25, 0.3) is 0 Å². The molecule has 0 aliphatic heterocycles. The van der Waals surface area contributed by atoms with Gasteiger partial charge in [-0.05, 0) is 53.7 Å². The summed E-state index contributed by atoms with van der Waals surface area (Å²) in [6.45, 7) is 9.58. The first-order valence-corrected chi connectivity index (χ1v) is 10.3. The normalized spacial score (nSPS) is 17.2. The van der Waals surface area contributed by atoms with Crippen molar-refractivity contribution >= 4 is 34.7 Å². The molecule has 170 valence electrons. The summed E-state index contributed by atoms with van der Waals surface area (Å²) in [5.74, 6) is -7.42. The number of carbonyl (C=O) groups excluding carboxylic acids is 6. The molecule has 0 heterocycles. The maximum absolute atomic E-state index is 12.8. The van der Waals surface area contributed by atoms with Crippen LogP contribution < -0.4 is 0 Å². The Morgan fingerprint density at radius 3 is 1.09 bits per heavy atom. The molecule has 2 aliphatic carbocycles. The van der Waals surface area contributed by atoms with E-state index in [9.17, 15) is 28.8 Å². The molecule has 0 saturated heterocycles. The van der Waals surface area contributed by atoms with Crippen LogP contribution in [-0.2, 0) is 19.1 Å². The summed E-state index contributed by atoms with van der Waals surface area (Å²) in [4.78, 5) is 76.2. The van der Waals surface area contributed by atoms with E-state index in [0.29, 0.717) is 0 Å². The Bertz CT molecular complexity index is 928. The van der Waals surface area contributed by atoms with E-state index in [-0.39, 0.29) is 22.3 Å². The van der Waals surface area contributed by atoms with Crippen molar-refractivity contribution in [2.24, 2.45) is 11.8 Å². The van der Waals surface area contributed by atoms with Gasteiger partial charge in [-0.15, -0.1) is 0 Å². The zero-order valence-electron chi connectivity index (χ0n) is 19.0. The van der Waals surface area contributed by atoms with Crippen molar-refractivity contribution in [2.75, 3.05) is 13.2 Å². The Morgan fingerprint density at radius 1 is 0.625 bits per heavy atom. The predicted octanol–water partition coefficient (Wildman–Crippen LogP) is 2.45. The van der Waals surface area contributed by atoms with Crippen LogP contribution in [0.4, 0.5) is 0 Å². The number of ether oxygens (including phenoxy) is 2. The molecule has 0 aromatic heterocycles. The number of rotatable bonds is 6. The first-order chi connectivity index (χ1) is 14.6. The van der Waals surface area contributed by atoms with Gasteiger partial charge in [0, 0.05) is 22.3 Å². The number of hydrogen-bond donors (Lipinski definition) is 0. The average Bonchev–Trinajstić information content (AvgIpc) is 3.06. The second-order valence-corrected chi connectivity index (χ2v) is 10.0. The molecular formula is C24H26O8. The quantitative estimate of drug-likeness (QED) is 0.616. The van der Waals surface area contributed by atoms with Gasteiger partial charge in [0.2, 0.25) is 0 Å². The highest BCUT2D eigenvalue weighted by Gasteiger charge is 2.48. The van der Waals surface area contributed by atoms with Gasteiger partial charge in [-0.2, -0.15) is 0 Å². The number of carbonyl (C=O) groups is 6. The Labute approximate surface area is 185 Å². The van der Waals surface area contributed by atoms with Gasteiger partial charge >= 0.3 is 0 Å². The van der Waals surface area contributed by atoms with E-state index in [1.54, 1.807) is 41.5 Å². The third-order valence-electron chi connectivity index (χ3n) is 5.21. The van der Waals surface area contributed by atoms with Crippen molar-refractivity contribution in [2.45, 2.75) is 52.7 Å². The lowest BCUT2D eigenvalue weighted by atomic mass is 9.97. The summed E-state index contributed by atoms with van der Waals surface area (Å²) < 4.78 is 10.8. The fraction of sp³-hybridized carbons (Fsp3) is 0.500. The Morgan fingerprint density at radius 2 is 0.875 bits per heavy atom. The minimum absolute atomic E-state index is 0.0944. The van der Waals surface area contributed by atoms with Crippen molar-refractivity contribution in [1.82, 2.24) is 0 Å². The molecule has 0 saturated carbocycles. The van der Waals surface area contributed by atoms with E-state index in [4.69, 9.17) is 9.47 Å². The highest BCUT2D eigenvalue weighted by Crippen LogP contribution is 2.36. The standard InChI is InChI=1S/C24H26O8/c1-23(2,3)31-9-15(25)17-19(27)11-7-13-14(8-12(11)20(17)28)22(30)18(21(13)29)16(26)10-32-24(4,5)6/h7-8,17-18H,9-10H2,1-6H3. The molecule has 1 aromatic rings. The lowest BCUT2D eigenvalue weighted by Gasteiger charge is -2.19. The minimum Gasteiger partial charge on any atom is -0.368 e. The van der Waals surface area contributed by atoms with Crippen molar-refractivity contribution < 1.29 is 38.2 Å². The molecule has 0 fully saturated rings. The smallest absolute Gasteiger partial charge is 0.182 e. The third kappa shape index (κ3) is 4.38. The molecule has 0 amide bonds. The van der Waals surface area contributed by atoms with E-state index >= 15 is 0 Å². The zero-order valence-corrected chi connectivity index (χ0v) is 19.0. The van der Waals surface area contributed by atoms with Gasteiger partial charge in [0.15, 0.2) is 34.7 Å². The van der Waals surface area contributed by atoms with Crippen LogP contribution in [0.25, 0.3) is 0 Å². The first kappa shape index (κ1) is 23.8. The van der Waals surface area contributed by atoms with Crippen LogP contribution in [0.2, 0.25) is 0 Å². The first-order valence-electron chi connectivity index (χ1n) is 10.3. The molecule has 3 rings (SSSR count). The van der Waals surface area contributed by atoms with E-state index < -0.39 is 71.0 Å². The van der Waals surface area contributed by atoms with Crippen LogP contribution in [0.3, 0.4) is 0 Å². The Kier molecular flexibility index (Phi) is 5.91. The topological polar surface area (TPSA) is 121 Å². The van der Waals surface area contributed by atoms with Gasteiger partial charge in [-0.3, -0.25) is 28.8 Å². The van der Waals surface area contributed by atoms with E-state index in [2.05, 4.69) is 0 Å². The van der Waals surface area contributed by atoms with Crippen LogP contribution >= 0.6 is 0 Å². The average molecular weight is 442 g/mol. The van der Waals surface area contributed by atoms with E-state index in [0.717, 1.165) is 12.1 Å².